The minimum atomic E-state index is -0.275. The van der Waals surface area contributed by atoms with Crippen molar-refractivity contribution in [3.63, 3.8) is 0 Å². The van der Waals surface area contributed by atoms with Gasteiger partial charge in [-0.1, -0.05) is 42.0 Å². The lowest BCUT2D eigenvalue weighted by Crippen LogP contribution is -2.15. The van der Waals surface area contributed by atoms with E-state index < -0.39 is 0 Å². The molecule has 0 aliphatic rings. The molecule has 0 atom stereocenters. The van der Waals surface area contributed by atoms with Gasteiger partial charge in [-0.3, -0.25) is 4.79 Å². The van der Waals surface area contributed by atoms with Crippen molar-refractivity contribution in [2.75, 3.05) is 10.6 Å². The summed E-state index contributed by atoms with van der Waals surface area (Å²) < 4.78 is 0. The van der Waals surface area contributed by atoms with Gasteiger partial charge in [0.25, 0.3) is 5.91 Å². The first-order chi connectivity index (χ1) is 12.1. The quantitative estimate of drug-likeness (QED) is 0.742. The average Bonchev–Trinajstić information content (AvgIpc) is 2.62. The molecule has 3 rings (SSSR count). The van der Waals surface area contributed by atoms with Gasteiger partial charge in [-0.2, -0.15) is 0 Å². The van der Waals surface area contributed by atoms with E-state index in [1.807, 2.05) is 31.2 Å². The Kier molecular flexibility index (Phi) is 5.04. The van der Waals surface area contributed by atoms with Gasteiger partial charge in [0.15, 0.2) is 5.69 Å². The Morgan fingerprint density at radius 3 is 2.40 bits per heavy atom. The first kappa shape index (κ1) is 16.6. The van der Waals surface area contributed by atoms with Crippen molar-refractivity contribution in [3.8, 4) is 0 Å². The Hall–Kier alpha value is -3.21. The summed E-state index contributed by atoms with van der Waals surface area (Å²) in [5, 5.41) is 14.1. The van der Waals surface area contributed by atoms with E-state index in [9.17, 15) is 4.79 Å². The van der Waals surface area contributed by atoms with Crippen molar-refractivity contribution in [2.45, 2.75) is 20.4 Å². The highest BCUT2D eigenvalue weighted by atomic mass is 16.1. The molecule has 25 heavy (non-hydrogen) atoms. The summed E-state index contributed by atoms with van der Waals surface area (Å²) in [4.78, 5) is 12.2. The Morgan fingerprint density at radius 1 is 0.920 bits per heavy atom. The van der Waals surface area contributed by atoms with Crippen LogP contribution in [0.2, 0.25) is 0 Å². The lowest BCUT2D eigenvalue weighted by molar-refractivity contribution is 0.102. The third-order valence-electron chi connectivity index (χ3n) is 3.77. The number of rotatable bonds is 5. The van der Waals surface area contributed by atoms with E-state index in [1.165, 1.54) is 5.56 Å². The first-order valence-electron chi connectivity index (χ1n) is 8.11. The van der Waals surface area contributed by atoms with Gasteiger partial charge < -0.3 is 10.6 Å². The molecule has 5 heteroatoms. The number of hydrogen-bond acceptors (Lipinski definition) is 4. The number of nitrogens with one attached hydrogen (secondary N) is 2. The maximum atomic E-state index is 12.2. The summed E-state index contributed by atoms with van der Waals surface area (Å²) in [6, 6.07) is 19.3. The highest BCUT2D eigenvalue weighted by molar-refractivity contribution is 6.02. The molecule has 2 aromatic carbocycles. The molecule has 0 saturated heterocycles. The minimum absolute atomic E-state index is 0.275. The Morgan fingerprint density at radius 2 is 1.72 bits per heavy atom. The molecule has 0 spiro atoms. The number of nitrogens with zero attached hydrogens (tertiary/aromatic N) is 2. The minimum Gasteiger partial charge on any atom is -0.365 e. The molecule has 0 radical (unpaired) electrons. The number of benzene rings is 2. The van der Waals surface area contributed by atoms with Gasteiger partial charge in [0, 0.05) is 12.2 Å². The summed E-state index contributed by atoms with van der Waals surface area (Å²) in [6.07, 6.45) is 0. The van der Waals surface area contributed by atoms with Crippen LogP contribution < -0.4 is 10.6 Å². The molecule has 1 heterocycles. The number of anilines is 2. The van der Waals surface area contributed by atoms with Crippen LogP contribution in [-0.4, -0.2) is 16.1 Å². The molecule has 0 bridgehead atoms. The van der Waals surface area contributed by atoms with Crippen molar-refractivity contribution in [1.29, 1.82) is 0 Å². The Balaban J connectivity index is 1.59. The molecule has 0 saturated carbocycles. The molecular formula is C20H20N4O. The molecule has 0 unspecified atom stereocenters. The number of aryl methyl sites for hydroxylation is 2. The van der Waals surface area contributed by atoms with Crippen LogP contribution in [0.1, 0.15) is 27.2 Å². The van der Waals surface area contributed by atoms with Crippen molar-refractivity contribution in [2.24, 2.45) is 0 Å². The third-order valence-corrected chi connectivity index (χ3v) is 3.77. The largest absolute Gasteiger partial charge is 0.365 e. The number of carbonyl (C=O) groups is 1. The molecular weight excluding hydrogens is 312 g/mol. The van der Waals surface area contributed by atoms with Crippen LogP contribution in [0.5, 0.6) is 0 Å². The summed E-state index contributed by atoms with van der Waals surface area (Å²) in [6.45, 7) is 4.69. The van der Waals surface area contributed by atoms with Crippen LogP contribution in [0.4, 0.5) is 11.5 Å². The highest BCUT2D eigenvalue weighted by Crippen LogP contribution is 2.12. The van der Waals surface area contributed by atoms with Crippen molar-refractivity contribution < 1.29 is 4.79 Å². The first-order valence-corrected chi connectivity index (χ1v) is 8.11. The lowest BCUT2D eigenvalue weighted by atomic mass is 10.1. The Labute approximate surface area is 147 Å². The van der Waals surface area contributed by atoms with Crippen molar-refractivity contribution in [1.82, 2.24) is 10.2 Å². The van der Waals surface area contributed by atoms with E-state index in [2.05, 4.69) is 52.0 Å². The van der Waals surface area contributed by atoms with Gasteiger partial charge in [0.05, 0.1) is 0 Å². The molecule has 126 valence electrons. The Bertz CT molecular complexity index is 858. The summed E-state index contributed by atoms with van der Waals surface area (Å²) in [5.74, 6) is 0.357. The van der Waals surface area contributed by atoms with Crippen LogP contribution in [-0.2, 0) is 6.54 Å². The number of carbonyl (C=O) groups excluding carboxylic acids is 1. The zero-order chi connectivity index (χ0) is 17.6. The second kappa shape index (κ2) is 7.57. The fraction of sp³-hybridized carbons (Fsp3) is 0.150. The van der Waals surface area contributed by atoms with Crippen LogP contribution >= 0.6 is 0 Å². The van der Waals surface area contributed by atoms with Gasteiger partial charge in [-0.15, -0.1) is 10.2 Å². The predicted octanol–water partition coefficient (Wildman–Crippen LogP) is 3.96. The summed E-state index contributed by atoms with van der Waals surface area (Å²) in [7, 11) is 0. The molecule has 0 aliphatic heterocycles. The lowest BCUT2D eigenvalue weighted by Gasteiger charge is -2.07. The van der Waals surface area contributed by atoms with Crippen LogP contribution in [0.25, 0.3) is 0 Å². The van der Waals surface area contributed by atoms with Gasteiger partial charge in [0.2, 0.25) is 0 Å². The van der Waals surface area contributed by atoms with Crippen LogP contribution in [0.15, 0.2) is 60.7 Å². The zero-order valence-corrected chi connectivity index (χ0v) is 14.3. The van der Waals surface area contributed by atoms with Crippen molar-refractivity contribution >= 4 is 17.4 Å². The van der Waals surface area contributed by atoms with E-state index in [0.29, 0.717) is 12.4 Å². The number of amides is 1. The maximum absolute atomic E-state index is 12.2. The van der Waals surface area contributed by atoms with E-state index in [4.69, 9.17) is 0 Å². The molecule has 0 aliphatic carbocycles. The molecule has 1 amide bonds. The summed E-state index contributed by atoms with van der Waals surface area (Å²) >= 11 is 0. The van der Waals surface area contributed by atoms with Gasteiger partial charge in [-0.05, 0) is 49.2 Å². The smallest absolute Gasteiger partial charge is 0.276 e. The average molecular weight is 332 g/mol. The van der Waals surface area contributed by atoms with Gasteiger partial charge >= 0.3 is 0 Å². The highest BCUT2D eigenvalue weighted by Gasteiger charge is 2.08. The third kappa shape index (κ3) is 4.64. The van der Waals surface area contributed by atoms with E-state index in [0.717, 1.165) is 16.8 Å². The summed E-state index contributed by atoms with van der Waals surface area (Å²) in [5.41, 5.74) is 4.50. The molecule has 5 nitrogen and oxygen atoms in total. The maximum Gasteiger partial charge on any atom is 0.276 e. The standard InChI is InChI=1S/C20H20N4O/c1-14-6-8-16(9-7-14)13-21-19-11-10-18(23-24-19)20(25)22-17-5-3-4-15(2)12-17/h3-12H,13H2,1-2H3,(H,21,24)(H,22,25). The van der Waals surface area contributed by atoms with Crippen molar-refractivity contribution in [3.05, 3.63) is 83.0 Å². The van der Waals surface area contributed by atoms with E-state index >= 15 is 0 Å². The molecule has 3 aromatic rings. The molecule has 2 N–H and O–H groups in total. The van der Waals surface area contributed by atoms with E-state index in [1.54, 1.807) is 12.1 Å². The van der Waals surface area contributed by atoms with Gasteiger partial charge in [-0.25, -0.2) is 0 Å². The van der Waals surface area contributed by atoms with Crippen LogP contribution in [0, 0.1) is 13.8 Å². The van der Waals surface area contributed by atoms with Crippen LogP contribution in [0.3, 0.4) is 0 Å². The zero-order valence-electron chi connectivity index (χ0n) is 14.3. The van der Waals surface area contributed by atoms with Gasteiger partial charge in [0.1, 0.15) is 5.82 Å². The normalized spacial score (nSPS) is 10.3. The second-order valence-corrected chi connectivity index (χ2v) is 5.97. The second-order valence-electron chi connectivity index (χ2n) is 5.97. The fourth-order valence-corrected chi connectivity index (χ4v) is 2.36. The topological polar surface area (TPSA) is 66.9 Å². The predicted molar refractivity (Wildman–Crippen MR) is 99.7 cm³/mol. The number of aromatic nitrogens is 2. The SMILES string of the molecule is Cc1ccc(CNc2ccc(C(=O)Nc3cccc(C)c3)nn2)cc1. The van der Waals surface area contributed by atoms with E-state index in [-0.39, 0.29) is 11.6 Å². The fourth-order valence-electron chi connectivity index (χ4n) is 2.36. The molecule has 1 aromatic heterocycles. The molecule has 0 fully saturated rings. The monoisotopic (exact) mass is 332 g/mol. The number of hydrogen-bond donors (Lipinski definition) is 2.